The first kappa shape index (κ1) is 27.0. The fourth-order valence-electron chi connectivity index (χ4n) is 7.60. The minimum atomic E-state index is -0.193. The molecule has 0 atom stereocenters. The molecule has 48 heavy (non-hydrogen) atoms. The lowest BCUT2D eigenvalue weighted by molar-refractivity contribution is 0.619. The quantitative estimate of drug-likeness (QED) is 0.197. The molecule has 0 aliphatic heterocycles. The van der Waals surface area contributed by atoms with E-state index in [0.29, 0.717) is 5.89 Å². The van der Waals surface area contributed by atoms with Crippen molar-refractivity contribution in [3.8, 4) is 22.6 Å². The van der Waals surface area contributed by atoms with Gasteiger partial charge in [-0.15, -0.1) is 0 Å². The van der Waals surface area contributed by atoms with Gasteiger partial charge in [0.05, 0.1) is 0 Å². The average molecular weight is 619 g/mol. The molecular formula is C44H30N2O2. The van der Waals surface area contributed by atoms with Gasteiger partial charge >= 0.3 is 0 Å². The number of hydrogen-bond acceptors (Lipinski definition) is 4. The number of hydrogen-bond donors (Lipinski definition) is 0. The highest BCUT2D eigenvalue weighted by atomic mass is 16.3. The van der Waals surface area contributed by atoms with Gasteiger partial charge in [-0.05, 0) is 118 Å². The summed E-state index contributed by atoms with van der Waals surface area (Å²) >= 11 is 0. The number of anilines is 3. The lowest BCUT2D eigenvalue weighted by atomic mass is 9.82. The summed E-state index contributed by atoms with van der Waals surface area (Å²) in [6, 6.07) is 51.3. The Bertz CT molecular complexity index is 2700. The monoisotopic (exact) mass is 618 g/mol. The molecule has 0 amide bonds. The van der Waals surface area contributed by atoms with E-state index in [-0.39, 0.29) is 5.41 Å². The van der Waals surface area contributed by atoms with Crippen LogP contribution in [0.3, 0.4) is 0 Å². The molecule has 2 aromatic heterocycles. The Hall–Kier alpha value is -6.13. The third-order valence-corrected chi connectivity index (χ3v) is 10.0. The fraction of sp³-hybridized carbons (Fsp3) is 0.0682. The van der Waals surface area contributed by atoms with Crippen LogP contribution in [-0.4, -0.2) is 4.98 Å². The van der Waals surface area contributed by atoms with E-state index in [9.17, 15) is 0 Å². The number of aromatic nitrogens is 1. The van der Waals surface area contributed by atoms with Crippen molar-refractivity contribution in [2.45, 2.75) is 19.3 Å². The van der Waals surface area contributed by atoms with Gasteiger partial charge in [0.1, 0.15) is 16.7 Å². The molecule has 0 saturated carbocycles. The molecule has 0 bridgehead atoms. The summed E-state index contributed by atoms with van der Waals surface area (Å²) in [7, 11) is 0. The van der Waals surface area contributed by atoms with Crippen LogP contribution >= 0.6 is 0 Å². The van der Waals surface area contributed by atoms with Crippen LogP contribution in [0.15, 0.2) is 154 Å². The van der Waals surface area contributed by atoms with Crippen molar-refractivity contribution in [3.63, 3.8) is 0 Å². The van der Waals surface area contributed by atoms with Crippen molar-refractivity contribution < 1.29 is 8.83 Å². The molecule has 0 unspecified atom stereocenters. The van der Waals surface area contributed by atoms with Gasteiger partial charge < -0.3 is 13.7 Å². The van der Waals surface area contributed by atoms with E-state index >= 15 is 0 Å². The van der Waals surface area contributed by atoms with Crippen LogP contribution in [0.4, 0.5) is 17.1 Å². The summed E-state index contributed by atoms with van der Waals surface area (Å²) < 4.78 is 12.5. The van der Waals surface area contributed by atoms with Gasteiger partial charge in [-0.2, -0.15) is 0 Å². The van der Waals surface area contributed by atoms with E-state index in [0.717, 1.165) is 55.7 Å². The summed E-state index contributed by atoms with van der Waals surface area (Å²) in [5, 5.41) is 4.64. The van der Waals surface area contributed by atoms with Gasteiger partial charge in [-0.1, -0.05) is 74.5 Å². The van der Waals surface area contributed by atoms with Crippen molar-refractivity contribution in [2.24, 2.45) is 0 Å². The Morgan fingerprint density at radius 1 is 0.500 bits per heavy atom. The average Bonchev–Trinajstić information content (AvgIpc) is 3.78. The standard InChI is InChI=1S/C44H30N2O2/c1-44(2)37-23-29-21-31(46(30-13-7-4-8-14-30)32-19-20-41-36(24-32)33-15-9-10-16-40(33)47-41)18-17-28(29)22-34(37)35-25-42-39(26-38(35)44)45-43(48-42)27-11-5-3-6-12-27/h3-26H,1-2H3. The van der Waals surface area contributed by atoms with Gasteiger partial charge in [0.2, 0.25) is 5.89 Å². The normalized spacial score (nSPS) is 13.4. The van der Waals surface area contributed by atoms with Crippen molar-refractivity contribution >= 4 is 60.9 Å². The number of para-hydroxylation sites is 2. The highest BCUT2D eigenvalue weighted by Crippen LogP contribution is 2.51. The molecule has 7 aromatic carbocycles. The minimum Gasteiger partial charge on any atom is -0.456 e. The molecule has 0 spiro atoms. The van der Waals surface area contributed by atoms with E-state index in [1.54, 1.807) is 0 Å². The third-order valence-electron chi connectivity index (χ3n) is 10.0. The van der Waals surface area contributed by atoms with Crippen LogP contribution in [0, 0.1) is 0 Å². The number of benzene rings is 7. The first-order valence-corrected chi connectivity index (χ1v) is 16.4. The van der Waals surface area contributed by atoms with Crippen LogP contribution in [0.25, 0.3) is 66.4 Å². The Morgan fingerprint density at radius 2 is 1.19 bits per heavy atom. The molecule has 1 aliphatic rings. The lowest BCUT2D eigenvalue weighted by Gasteiger charge is -2.26. The summed E-state index contributed by atoms with van der Waals surface area (Å²) in [5.74, 6) is 0.654. The Morgan fingerprint density at radius 3 is 2.04 bits per heavy atom. The first-order chi connectivity index (χ1) is 23.5. The van der Waals surface area contributed by atoms with Gasteiger partial charge in [0.15, 0.2) is 5.58 Å². The van der Waals surface area contributed by atoms with Crippen molar-refractivity contribution in [2.75, 3.05) is 4.90 Å². The van der Waals surface area contributed by atoms with Crippen molar-refractivity contribution in [1.29, 1.82) is 0 Å². The van der Waals surface area contributed by atoms with Crippen LogP contribution in [0.5, 0.6) is 0 Å². The van der Waals surface area contributed by atoms with E-state index in [4.69, 9.17) is 13.8 Å². The smallest absolute Gasteiger partial charge is 0.227 e. The van der Waals surface area contributed by atoms with Crippen LogP contribution < -0.4 is 4.90 Å². The fourth-order valence-corrected chi connectivity index (χ4v) is 7.60. The molecule has 4 heteroatoms. The van der Waals surface area contributed by atoms with Gasteiger partial charge in [-0.3, -0.25) is 0 Å². The van der Waals surface area contributed by atoms with Gasteiger partial charge in [0.25, 0.3) is 0 Å². The van der Waals surface area contributed by atoms with Crippen molar-refractivity contribution in [1.82, 2.24) is 4.98 Å². The van der Waals surface area contributed by atoms with E-state index < -0.39 is 0 Å². The Kier molecular flexibility index (Phi) is 5.59. The second kappa shape index (κ2) is 9.93. The second-order valence-electron chi connectivity index (χ2n) is 13.3. The number of oxazole rings is 1. The molecule has 0 fully saturated rings. The molecule has 0 radical (unpaired) electrons. The molecule has 0 N–H and O–H groups in total. The summed E-state index contributed by atoms with van der Waals surface area (Å²) in [6.07, 6.45) is 0. The number of nitrogens with zero attached hydrogens (tertiary/aromatic N) is 2. The third kappa shape index (κ3) is 3.99. The summed E-state index contributed by atoms with van der Waals surface area (Å²) in [6.45, 7) is 4.64. The molecule has 1 aliphatic carbocycles. The molecule has 228 valence electrons. The van der Waals surface area contributed by atoms with Gasteiger partial charge in [0, 0.05) is 38.8 Å². The van der Waals surface area contributed by atoms with E-state index in [2.05, 4.69) is 122 Å². The molecule has 10 rings (SSSR count). The molecule has 0 saturated heterocycles. The zero-order chi connectivity index (χ0) is 32.0. The summed E-state index contributed by atoms with van der Waals surface area (Å²) in [5.41, 5.74) is 12.6. The highest BCUT2D eigenvalue weighted by molar-refractivity contribution is 6.07. The SMILES string of the molecule is CC1(C)c2cc3cc(N(c4ccccc4)c4ccc5oc6ccccc6c5c4)ccc3cc2-c2cc3oc(-c4ccccc4)nc3cc21. The first-order valence-electron chi connectivity index (χ1n) is 16.4. The lowest BCUT2D eigenvalue weighted by Crippen LogP contribution is -2.15. The maximum absolute atomic E-state index is 6.30. The molecular weight excluding hydrogens is 588 g/mol. The maximum Gasteiger partial charge on any atom is 0.227 e. The Balaban J connectivity index is 1.11. The number of furan rings is 1. The predicted molar refractivity (Wildman–Crippen MR) is 196 cm³/mol. The second-order valence-corrected chi connectivity index (χ2v) is 13.3. The summed E-state index contributed by atoms with van der Waals surface area (Å²) in [4.78, 5) is 7.22. The highest BCUT2D eigenvalue weighted by Gasteiger charge is 2.37. The van der Waals surface area contributed by atoms with Gasteiger partial charge in [-0.25, -0.2) is 4.98 Å². The Labute approximate surface area is 277 Å². The predicted octanol–water partition coefficient (Wildman–Crippen LogP) is 12.3. The zero-order valence-electron chi connectivity index (χ0n) is 26.6. The van der Waals surface area contributed by atoms with E-state index in [1.807, 2.05) is 42.5 Å². The van der Waals surface area contributed by atoms with Crippen molar-refractivity contribution in [3.05, 3.63) is 157 Å². The van der Waals surface area contributed by atoms with Crippen LogP contribution in [0.1, 0.15) is 25.0 Å². The molecule has 2 heterocycles. The number of rotatable bonds is 4. The van der Waals surface area contributed by atoms with E-state index in [1.165, 1.54) is 33.0 Å². The molecule has 4 nitrogen and oxygen atoms in total. The zero-order valence-corrected chi connectivity index (χ0v) is 26.6. The minimum absolute atomic E-state index is 0.193. The maximum atomic E-state index is 6.30. The molecule has 9 aromatic rings. The number of fused-ring (bicyclic) bond motifs is 8. The van der Waals surface area contributed by atoms with Crippen LogP contribution in [0.2, 0.25) is 0 Å². The largest absolute Gasteiger partial charge is 0.456 e. The topological polar surface area (TPSA) is 42.4 Å². The van der Waals surface area contributed by atoms with Crippen LogP contribution in [-0.2, 0) is 5.41 Å².